The lowest BCUT2D eigenvalue weighted by atomic mass is 10.2. The first kappa shape index (κ1) is 13.1. The lowest BCUT2D eigenvalue weighted by Gasteiger charge is -2.18. The van der Waals surface area contributed by atoms with Crippen LogP contribution >= 0.6 is 15.9 Å². The van der Waals surface area contributed by atoms with Crippen molar-refractivity contribution in [2.24, 2.45) is 0 Å². The van der Waals surface area contributed by atoms with Crippen LogP contribution in [0.15, 0.2) is 28.7 Å². The highest BCUT2D eigenvalue weighted by Crippen LogP contribution is 2.18. The Labute approximate surface area is 102 Å². The highest BCUT2D eigenvalue weighted by Gasteiger charge is 2.15. The van der Waals surface area contributed by atoms with E-state index in [1.807, 2.05) is 12.1 Å². The van der Waals surface area contributed by atoms with Crippen LogP contribution in [-0.4, -0.2) is 30.8 Å². The first-order valence-electron chi connectivity index (χ1n) is 4.80. The number of halogens is 2. The SMILES string of the molecule is CN(C(=O)CC(O)CF)c1ccc(Br)cc1. The summed E-state index contributed by atoms with van der Waals surface area (Å²) in [4.78, 5) is 13.0. The largest absolute Gasteiger partial charge is 0.390 e. The summed E-state index contributed by atoms with van der Waals surface area (Å²) in [6.07, 6.45) is -1.42. The zero-order valence-electron chi connectivity index (χ0n) is 8.86. The van der Waals surface area contributed by atoms with Crippen LogP contribution in [0.3, 0.4) is 0 Å². The second-order valence-corrected chi connectivity index (χ2v) is 4.36. The van der Waals surface area contributed by atoms with E-state index in [1.165, 1.54) is 4.90 Å². The number of nitrogens with zero attached hydrogens (tertiary/aromatic N) is 1. The van der Waals surface area contributed by atoms with Crippen molar-refractivity contribution in [3.63, 3.8) is 0 Å². The van der Waals surface area contributed by atoms with E-state index in [0.717, 1.165) is 4.47 Å². The third-order valence-corrected chi connectivity index (χ3v) is 2.71. The van der Waals surface area contributed by atoms with Gasteiger partial charge in [-0.2, -0.15) is 0 Å². The Hall–Kier alpha value is -0.940. The first-order chi connectivity index (χ1) is 7.54. The normalized spacial score (nSPS) is 12.2. The third kappa shape index (κ3) is 3.57. The summed E-state index contributed by atoms with van der Waals surface area (Å²) < 4.78 is 13.0. The van der Waals surface area contributed by atoms with Crippen molar-refractivity contribution >= 4 is 27.5 Å². The molecule has 1 unspecified atom stereocenters. The highest BCUT2D eigenvalue weighted by atomic mass is 79.9. The number of aliphatic hydroxyl groups is 1. The van der Waals surface area contributed by atoms with Crippen molar-refractivity contribution < 1.29 is 14.3 Å². The van der Waals surface area contributed by atoms with Crippen molar-refractivity contribution in [3.05, 3.63) is 28.7 Å². The Morgan fingerprint density at radius 3 is 2.56 bits per heavy atom. The predicted octanol–water partition coefficient (Wildman–Crippen LogP) is 2.13. The Bertz CT molecular complexity index is 356. The van der Waals surface area contributed by atoms with E-state index in [2.05, 4.69) is 15.9 Å². The molecule has 1 atom stereocenters. The standard InChI is InChI=1S/C11H13BrFNO2/c1-14(11(16)6-10(15)7-13)9-4-2-8(12)3-5-9/h2-5,10,15H,6-7H2,1H3. The Balaban J connectivity index is 2.66. The average molecular weight is 290 g/mol. The van der Waals surface area contributed by atoms with Crippen LogP contribution in [0.4, 0.5) is 10.1 Å². The minimum absolute atomic E-state index is 0.205. The second-order valence-electron chi connectivity index (χ2n) is 3.44. The van der Waals surface area contributed by atoms with Gasteiger partial charge < -0.3 is 10.0 Å². The van der Waals surface area contributed by atoms with Gasteiger partial charge in [0, 0.05) is 17.2 Å². The van der Waals surface area contributed by atoms with Gasteiger partial charge in [0.05, 0.1) is 12.5 Å². The number of anilines is 1. The van der Waals surface area contributed by atoms with Crippen LogP contribution < -0.4 is 4.90 Å². The fourth-order valence-electron chi connectivity index (χ4n) is 1.20. The summed E-state index contributed by atoms with van der Waals surface area (Å²) >= 11 is 3.29. The molecule has 0 fully saturated rings. The van der Waals surface area contributed by atoms with Gasteiger partial charge in [0.1, 0.15) is 6.67 Å². The molecule has 0 spiro atoms. The van der Waals surface area contributed by atoms with E-state index >= 15 is 0 Å². The molecule has 1 rings (SSSR count). The number of amides is 1. The van der Waals surface area contributed by atoms with Gasteiger partial charge in [-0.15, -0.1) is 0 Å². The molecule has 3 nitrogen and oxygen atoms in total. The molecule has 0 heterocycles. The number of hydrogen-bond acceptors (Lipinski definition) is 2. The van der Waals surface area contributed by atoms with Crippen molar-refractivity contribution in [1.82, 2.24) is 0 Å². The number of carbonyl (C=O) groups excluding carboxylic acids is 1. The molecule has 88 valence electrons. The number of hydrogen-bond donors (Lipinski definition) is 1. The van der Waals surface area contributed by atoms with Gasteiger partial charge >= 0.3 is 0 Å². The minimum Gasteiger partial charge on any atom is -0.390 e. The van der Waals surface area contributed by atoms with Crippen LogP contribution in [0.1, 0.15) is 6.42 Å². The molecule has 0 saturated heterocycles. The van der Waals surface area contributed by atoms with Crippen LogP contribution in [0.5, 0.6) is 0 Å². The van der Waals surface area contributed by atoms with Gasteiger partial charge in [-0.25, -0.2) is 4.39 Å². The maximum absolute atomic E-state index is 12.0. The molecule has 5 heteroatoms. The smallest absolute Gasteiger partial charge is 0.229 e. The predicted molar refractivity (Wildman–Crippen MR) is 64.2 cm³/mol. The third-order valence-electron chi connectivity index (χ3n) is 2.18. The topological polar surface area (TPSA) is 40.5 Å². The molecule has 0 saturated carbocycles. The molecule has 0 aliphatic rings. The molecule has 1 aromatic rings. The molecule has 0 aliphatic carbocycles. The molecule has 0 aromatic heterocycles. The fraction of sp³-hybridized carbons (Fsp3) is 0.364. The number of alkyl halides is 1. The van der Waals surface area contributed by atoms with E-state index in [9.17, 15) is 9.18 Å². The van der Waals surface area contributed by atoms with E-state index in [1.54, 1.807) is 19.2 Å². The van der Waals surface area contributed by atoms with Gasteiger partial charge in [-0.1, -0.05) is 15.9 Å². The average Bonchev–Trinajstić information content (AvgIpc) is 2.28. The minimum atomic E-state index is -1.22. The fourth-order valence-corrected chi connectivity index (χ4v) is 1.47. The van der Waals surface area contributed by atoms with Crippen molar-refractivity contribution in [1.29, 1.82) is 0 Å². The maximum Gasteiger partial charge on any atom is 0.229 e. The summed E-state index contributed by atoms with van der Waals surface area (Å²) in [6.45, 7) is -0.903. The summed E-state index contributed by atoms with van der Waals surface area (Å²) in [5, 5.41) is 9.04. The van der Waals surface area contributed by atoms with Crippen LogP contribution in [-0.2, 0) is 4.79 Å². The summed E-state index contributed by atoms with van der Waals surface area (Å²) in [5.41, 5.74) is 0.708. The molecular weight excluding hydrogens is 277 g/mol. The molecule has 0 radical (unpaired) electrons. The quantitative estimate of drug-likeness (QED) is 0.923. The molecule has 1 N–H and O–H groups in total. The van der Waals surface area contributed by atoms with Gasteiger partial charge in [0.15, 0.2) is 0 Å². The van der Waals surface area contributed by atoms with Gasteiger partial charge in [-0.3, -0.25) is 4.79 Å². The number of benzene rings is 1. The first-order valence-corrected chi connectivity index (χ1v) is 5.60. The molecule has 0 aliphatic heterocycles. The van der Waals surface area contributed by atoms with Gasteiger partial charge in [0.2, 0.25) is 5.91 Å². The molecular formula is C11H13BrFNO2. The molecule has 16 heavy (non-hydrogen) atoms. The lowest BCUT2D eigenvalue weighted by Crippen LogP contribution is -2.30. The van der Waals surface area contributed by atoms with E-state index in [-0.39, 0.29) is 12.3 Å². The number of carbonyl (C=O) groups is 1. The maximum atomic E-state index is 12.0. The Morgan fingerprint density at radius 2 is 2.06 bits per heavy atom. The monoisotopic (exact) mass is 289 g/mol. The highest BCUT2D eigenvalue weighted by molar-refractivity contribution is 9.10. The zero-order chi connectivity index (χ0) is 12.1. The molecule has 1 amide bonds. The van der Waals surface area contributed by atoms with Gasteiger partial charge in [-0.05, 0) is 24.3 Å². The summed E-state index contributed by atoms with van der Waals surface area (Å²) in [7, 11) is 1.59. The van der Waals surface area contributed by atoms with Crippen LogP contribution in [0.25, 0.3) is 0 Å². The van der Waals surface area contributed by atoms with E-state index < -0.39 is 12.8 Å². The van der Waals surface area contributed by atoms with Crippen molar-refractivity contribution in [3.8, 4) is 0 Å². The zero-order valence-corrected chi connectivity index (χ0v) is 10.4. The molecule has 1 aromatic carbocycles. The van der Waals surface area contributed by atoms with Gasteiger partial charge in [0.25, 0.3) is 0 Å². The summed E-state index contributed by atoms with van der Waals surface area (Å²) in [6, 6.07) is 7.16. The van der Waals surface area contributed by atoms with Crippen LogP contribution in [0, 0.1) is 0 Å². The van der Waals surface area contributed by atoms with E-state index in [4.69, 9.17) is 5.11 Å². The Kier molecular flexibility index (Phi) is 4.89. The second kappa shape index (κ2) is 5.96. The summed E-state index contributed by atoms with van der Waals surface area (Å²) in [5.74, 6) is -0.313. The van der Waals surface area contributed by atoms with E-state index in [0.29, 0.717) is 5.69 Å². The Morgan fingerprint density at radius 1 is 1.50 bits per heavy atom. The van der Waals surface area contributed by atoms with Crippen LogP contribution in [0.2, 0.25) is 0 Å². The number of rotatable bonds is 4. The van der Waals surface area contributed by atoms with Crippen molar-refractivity contribution in [2.75, 3.05) is 18.6 Å². The lowest BCUT2D eigenvalue weighted by molar-refractivity contribution is -0.120. The van der Waals surface area contributed by atoms with Crippen molar-refractivity contribution in [2.45, 2.75) is 12.5 Å². The molecule has 0 bridgehead atoms. The number of aliphatic hydroxyl groups excluding tert-OH is 1.